The van der Waals surface area contributed by atoms with Crippen LogP contribution in [0.5, 0.6) is 0 Å². The van der Waals surface area contributed by atoms with Gasteiger partial charge < -0.3 is 15.4 Å². The second kappa shape index (κ2) is 6.25. The van der Waals surface area contributed by atoms with E-state index in [2.05, 4.69) is 15.4 Å². The minimum atomic E-state index is -0.533. The number of hydrogen-bond acceptors (Lipinski definition) is 5. The van der Waals surface area contributed by atoms with Crippen LogP contribution in [0.4, 0.5) is 11.4 Å². The number of rotatable bonds is 4. The summed E-state index contributed by atoms with van der Waals surface area (Å²) in [5, 5.41) is 14.4. The molecule has 1 amide bonds. The van der Waals surface area contributed by atoms with Gasteiger partial charge in [0.2, 0.25) is 0 Å². The Morgan fingerprint density at radius 2 is 2.06 bits per heavy atom. The lowest BCUT2D eigenvalue weighted by Crippen LogP contribution is -2.20. The molecule has 0 aromatic heterocycles. The van der Waals surface area contributed by atoms with E-state index in [9.17, 15) is 9.59 Å². The summed E-state index contributed by atoms with van der Waals surface area (Å²) in [5.74, 6) is -1.02. The van der Waals surface area contributed by atoms with Crippen molar-refractivity contribution in [3.05, 3.63) is 23.8 Å². The van der Waals surface area contributed by atoms with Gasteiger partial charge in [0, 0.05) is 14.0 Å². The fourth-order valence-electron chi connectivity index (χ4n) is 1.34. The van der Waals surface area contributed by atoms with Crippen LogP contribution in [0.1, 0.15) is 12.5 Å². The van der Waals surface area contributed by atoms with Gasteiger partial charge in [-0.15, -0.1) is 0 Å². The SMILES string of the molecule is CNc1cccc(NC(=O)COC(C)=O)c1C#N. The lowest BCUT2D eigenvalue weighted by atomic mass is 10.1. The van der Waals surface area contributed by atoms with Crippen LogP contribution in [-0.2, 0) is 14.3 Å². The van der Waals surface area contributed by atoms with Crippen molar-refractivity contribution in [2.24, 2.45) is 0 Å². The summed E-state index contributed by atoms with van der Waals surface area (Å²) in [5.41, 5.74) is 1.32. The van der Waals surface area contributed by atoms with Gasteiger partial charge in [-0.2, -0.15) is 5.26 Å². The lowest BCUT2D eigenvalue weighted by Gasteiger charge is -2.10. The Labute approximate surface area is 105 Å². The normalized spacial score (nSPS) is 9.17. The molecule has 0 atom stereocenters. The zero-order chi connectivity index (χ0) is 13.5. The standard InChI is InChI=1S/C12H13N3O3/c1-8(16)18-7-12(17)15-11-5-3-4-10(14-2)9(11)6-13/h3-5,14H,7H2,1-2H3,(H,15,17). The first-order valence-electron chi connectivity index (χ1n) is 5.22. The molecule has 0 saturated heterocycles. The molecule has 0 aliphatic carbocycles. The fourth-order valence-corrected chi connectivity index (χ4v) is 1.34. The first kappa shape index (κ1) is 13.5. The number of benzene rings is 1. The van der Waals surface area contributed by atoms with Crippen LogP contribution in [0.15, 0.2) is 18.2 Å². The smallest absolute Gasteiger partial charge is 0.303 e. The topological polar surface area (TPSA) is 91.2 Å². The molecule has 1 rings (SSSR count). The average Bonchev–Trinajstić information content (AvgIpc) is 2.36. The van der Waals surface area contributed by atoms with Crippen LogP contribution in [0, 0.1) is 11.3 Å². The van der Waals surface area contributed by atoms with Crippen molar-refractivity contribution in [1.82, 2.24) is 0 Å². The van der Waals surface area contributed by atoms with E-state index >= 15 is 0 Å². The third-order valence-electron chi connectivity index (χ3n) is 2.13. The molecule has 1 aromatic carbocycles. The lowest BCUT2D eigenvalue weighted by molar-refractivity contribution is -0.144. The Kier molecular flexibility index (Phi) is 4.69. The summed E-state index contributed by atoms with van der Waals surface area (Å²) in [6.07, 6.45) is 0. The van der Waals surface area contributed by atoms with Gasteiger partial charge in [0.25, 0.3) is 5.91 Å². The van der Waals surface area contributed by atoms with E-state index in [4.69, 9.17) is 5.26 Å². The quantitative estimate of drug-likeness (QED) is 0.777. The highest BCUT2D eigenvalue weighted by molar-refractivity contribution is 5.95. The molecule has 94 valence electrons. The number of nitrogens with one attached hydrogen (secondary N) is 2. The first-order chi connectivity index (χ1) is 8.58. The highest BCUT2D eigenvalue weighted by atomic mass is 16.5. The number of nitriles is 1. The second-order valence-electron chi connectivity index (χ2n) is 3.42. The number of anilines is 2. The van der Waals surface area contributed by atoms with E-state index < -0.39 is 11.9 Å². The summed E-state index contributed by atoms with van der Waals surface area (Å²) < 4.78 is 4.56. The predicted molar refractivity (Wildman–Crippen MR) is 66.0 cm³/mol. The highest BCUT2D eigenvalue weighted by Gasteiger charge is 2.10. The molecule has 0 aliphatic heterocycles. The first-order valence-corrected chi connectivity index (χ1v) is 5.22. The number of carbonyl (C=O) groups is 2. The monoisotopic (exact) mass is 247 g/mol. The summed E-state index contributed by atoms with van der Waals surface area (Å²) >= 11 is 0. The number of carbonyl (C=O) groups excluding carboxylic acids is 2. The summed E-state index contributed by atoms with van der Waals surface area (Å²) in [6, 6.07) is 7.03. The maximum absolute atomic E-state index is 11.5. The van der Waals surface area contributed by atoms with Gasteiger partial charge in [0.05, 0.1) is 16.9 Å². The third kappa shape index (κ3) is 3.49. The van der Waals surface area contributed by atoms with Crippen LogP contribution in [0.2, 0.25) is 0 Å². The summed E-state index contributed by atoms with van der Waals surface area (Å²) in [7, 11) is 1.68. The van der Waals surface area contributed by atoms with Gasteiger partial charge in [-0.25, -0.2) is 0 Å². The Hall–Kier alpha value is -2.55. The second-order valence-corrected chi connectivity index (χ2v) is 3.42. The van der Waals surface area contributed by atoms with Crippen molar-refractivity contribution in [2.45, 2.75) is 6.92 Å². The van der Waals surface area contributed by atoms with Crippen molar-refractivity contribution in [2.75, 3.05) is 24.3 Å². The van der Waals surface area contributed by atoms with Gasteiger partial charge in [0.1, 0.15) is 6.07 Å². The van der Waals surface area contributed by atoms with Crippen molar-refractivity contribution >= 4 is 23.3 Å². The van der Waals surface area contributed by atoms with Crippen LogP contribution in [-0.4, -0.2) is 25.5 Å². The van der Waals surface area contributed by atoms with Crippen molar-refractivity contribution in [3.63, 3.8) is 0 Å². The van der Waals surface area contributed by atoms with E-state index in [-0.39, 0.29) is 6.61 Å². The molecule has 1 aromatic rings. The number of amides is 1. The largest absolute Gasteiger partial charge is 0.456 e. The van der Waals surface area contributed by atoms with Gasteiger partial charge in [-0.05, 0) is 12.1 Å². The molecule has 0 bridgehead atoms. The van der Waals surface area contributed by atoms with Crippen molar-refractivity contribution in [3.8, 4) is 6.07 Å². The molecule has 0 unspecified atom stereocenters. The molecule has 0 saturated carbocycles. The van der Waals surface area contributed by atoms with Crippen LogP contribution >= 0.6 is 0 Å². The van der Waals surface area contributed by atoms with Gasteiger partial charge in [-0.1, -0.05) is 6.07 Å². The van der Waals surface area contributed by atoms with Crippen LogP contribution < -0.4 is 10.6 Å². The molecule has 6 nitrogen and oxygen atoms in total. The molecule has 18 heavy (non-hydrogen) atoms. The molecule has 0 spiro atoms. The van der Waals surface area contributed by atoms with Gasteiger partial charge in [0.15, 0.2) is 6.61 Å². The summed E-state index contributed by atoms with van der Waals surface area (Å²) in [4.78, 5) is 22.0. The molecule has 6 heteroatoms. The molecule has 2 N–H and O–H groups in total. The van der Waals surface area contributed by atoms with E-state index in [1.807, 2.05) is 6.07 Å². The van der Waals surface area contributed by atoms with E-state index in [0.717, 1.165) is 0 Å². The third-order valence-corrected chi connectivity index (χ3v) is 2.13. The number of hydrogen-bond donors (Lipinski definition) is 2. The molecular weight excluding hydrogens is 234 g/mol. The van der Waals surface area contributed by atoms with Gasteiger partial charge in [-0.3, -0.25) is 9.59 Å². The zero-order valence-corrected chi connectivity index (χ0v) is 10.1. The van der Waals surface area contributed by atoms with E-state index in [0.29, 0.717) is 16.9 Å². The summed E-state index contributed by atoms with van der Waals surface area (Å²) in [6.45, 7) is 0.847. The Balaban J connectivity index is 2.82. The van der Waals surface area contributed by atoms with Crippen LogP contribution in [0.3, 0.4) is 0 Å². The fraction of sp³-hybridized carbons (Fsp3) is 0.250. The van der Waals surface area contributed by atoms with Crippen molar-refractivity contribution in [1.29, 1.82) is 5.26 Å². The molecule has 0 fully saturated rings. The van der Waals surface area contributed by atoms with Crippen LogP contribution in [0.25, 0.3) is 0 Å². The highest BCUT2D eigenvalue weighted by Crippen LogP contribution is 2.22. The Morgan fingerprint density at radius 3 is 2.61 bits per heavy atom. The Morgan fingerprint density at radius 1 is 1.39 bits per heavy atom. The van der Waals surface area contributed by atoms with Gasteiger partial charge >= 0.3 is 5.97 Å². The molecule has 0 heterocycles. The molecule has 0 aliphatic rings. The maximum Gasteiger partial charge on any atom is 0.303 e. The van der Waals surface area contributed by atoms with Crippen molar-refractivity contribution < 1.29 is 14.3 Å². The number of ether oxygens (including phenoxy) is 1. The average molecular weight is 247 g/mol. The number of nitrogens with zero attached hydrogens (tertiary/aromatic N) is 1. The maximum atomic E-state index is 11.5. The van der Waals surface area contributed by atoms with E-state index in [1.165, 1.54) is 6.92 Å². The zero-order valence-electron chi connectivity index (χ0n) is 10.1. The molecular formula is C12H13N3O3. The Bertz CT molecular complexity index is 506. The predicted octanol–water partition coefficient (Wildman–Crippen LogP) is 1.10. The molecule has 0 radical (unpaired) electrons. The van der Waals surface area contributed by atoms with E-state index in [1.54, 1.807) is 25.2 Å². The number of esters is 1. The minimum Gasteiger partial charge on any atom is -0.456 e. The minimum absolute atomic E-state index is 0.330.